The van der Waals surface area contributed by atoms with Crippen molar-refractivity contribution in [2.24, 2.45) is 15.7 Å². The van der Waals surface area contributed by atoms with Crippen LogP contribution >= 0.6 is 15.9 Å². The predicted octanol–water partition coefficient (Wildman–Crippen LogP) is 2.64. The molecule has 1 heterocycles. The summed E-state index contributed by atoms with van der Waals surface area (Å²) >= 11 is 3.36. The highest BCUT2D eigenvalue weighted by Gasteiger charge is 2.11. The van der Waals surface area contributed by atoms with Crippen LogP contribution < -0.4 is 5.73 Å². The fourth-order valence-electron chi connectivity index (χ4n) is 1.84. The number of phenols is 1. The van der Waals surface area contributed by atoms with Crippen molar-refractivity contribution in [2.45, 2.75) is 6.92 Å². The summed E-state index contributed by atoms with van der Waals surface area (Å²) in [5, 5.41) is 9.95. The average molecular weight is 347 g/mol. The summed E-state index contributed by atoms with van der Waals surface area (Å²) in [6, 6.07) is 8.79. The van der Waals surface area contributed by atoms with E-state index in [1.54, 1.807) is 31.4 Å². The van der Waals surface area contributed by atoms with Gasteiger partial charge in [-0.05, 0) is 36.8 Å². The number of halogens is 1. The highest BCUT2D eigenvalue weighted by molar-refractivity contribution is 9.10. The van der Waals surface area contributed by atoms with Crippen LogP contribution in [0.2, 0.25) is 0 Å². The van der Waals surface area contributed by atoms with Gasteiger partial charge in [0.1, 0.15) is 11.4 Å². The van der Waals surface area contributed by atoms with Crippen LogP contribution in [-0.2, 0) is 0 Å². The maximum absolute atomic E-state index is 9.95. The van der Waals surface area contributed by atoms with Gasteiger partial charge in [-0.1, -0.05) is 22.0 Å². The van der Waals surface area contributed by atoms with Gasteiger partial charge in [0.2, 0.25) is 0 Å². The van der Waals surface area contributed by atoms with Gasteiger partial charge < -0.3 is 10.8 Å². The molecule has 5 nitrogen and oxygen atoms in total. The Labute approximate surface area is 131 Å². The van der Waals surface area contributed by atoms with Crippen molar-refractivity contribution in [3.05, 3.63) is 57.8 Å². The molecule has 1 aromatic heterocycles. The number of aromatic hydroxyl groups is 1. The van der Waals surface area contributed by atoms with Crippen molar-refractivity contribution >= 4 is 27.6 Å². The first kappa shape index (κ1) is 15.2. The number of nitrogens with zero attached hydrogens (tertiary/aromatic N) is 3. The Morgan fingerprint density at radius 3 is 2.76 bits per heavy atom. The Bertz CT molecular complexity index is 725. The van der Waals surface area contributed by atoms with Crippen molar-refractivity contribution in [3.8, 4) is 5.75 Å². The van der Waals surface area contributed by atoms with Gasteiger partial charge in [0.25, 0.3) is 0 Å². The molecule has 0 atom stereocenters. The molecular formula is C15H15BrN4O. The summed E-state index contributed by atoms with van der Waals surface area (Å²) in [4.78, 5) is 12.6. The minimum Gasteiger partial charge on any atom is -0.507 e. The van der Waals surface area contributed by atoms with Crippen LogP contribution in [0.3, 0.4) is 0 Å². The summed E-state index contributed by atoms with van der Waals surface area (Å²) in [5.74, 6) is 0.692. The Hall–Kier alpha value is -2.21. The smallest absolute Gasteiger partial charge is 0.160 e. The van der Waals surface area contributed by atoms with Crippen LogP contribution in [0.25, 0.3) is 0 Å². The van der Waals surface area contributed by atoms with Gasteiger partial charge in [0, 0.05) is 17.7 Å². The van der Waals surface area contributed by atoms with E-state index >= 15 is 0 Å². The molecule has 0 aliphatic heterocycles. The van der Waals surface area contributed by atoms with Gasteiger partial charge >= 0.3 is 0 Å². The first-order valence-electron chi connectivity index (χ1n) is 6.24. The Morgan fingerprint density at radius 2 is 2.10 bits per heavy atom. The number of nitrogens with two attached hydrogens (primary N) is 1. The van der Waals surface area contributed by atoms with Crippen molar-refractivity contribution in [1.29, 1.82) is 0 Å². The van der Waals surface area contributed by atoms with Crippen molar-refractivity contribution < 1.29 is 5.11 Å². The van der Waals surface area contributed by atoms with Crippen molar-refractivity contribution in [3.63, 3.8) is 0 Å². The van der Waals surface area contributed by atoms with E-state index in [4.69, 9.17) is 5.73 Å². The molecule has 0 saturated carbocycles. The van der Waals surface area contributed by atoms with Crippen LogP contribution in [0.15, 0.2) is 51.0 Å². The van der Waals surface area contributed by atoms with Crippen LogP contribution in [-0.4, -0.2) is 28.8 Å². The number of phenolic OH excluding ortho intramolecular Hbond substituents is 1. The largest absolute Gasteiger partial charge is 0.507 e. The summed E-state index contributed by atoms with van der Waals surface area (Å²) < 4.78 is 0.819. The molecule has 0 aliphatic rings. The molecule has 2 aromatic rings. The number of pyridine rings is 1. The lowest BCUT2D eigenvalue weighted by Crippen LogP contribution is -2.19. The third-order valence-corrected chi connectivity index (χ3v) is 3.38. The van der Waals surface area contributed by atoms with E-state index in [9.17, 15) is 5.11 Å². The summed E-state index contributed by atoms with van der Waals surface area (Å²) in [6.07, 6.45) is 1.66. The van der Waals surface area contributed by atoms with Crippen LogP contribution in [0, 0.1) is 6.92 Å². The second-order valence-corrected chi connectivity index (χ2v) is 5.29. The lowest BCUT2D eigenvalue weighted by atomic mass is 10.1. The quantitative estimate of drug-likeness (QED) is 0.647. The fourth-order valence-corrected chi connectivity index (χ4v) is 2.20. The predicted molar refractivity (Wildman–Crippen MR) is 88.0 cm³/mol. The summed E-state index contributed by atoms with van der Waals surface area (Å²) in [5.41, 5.74) is 8.04. The van der Waals surface area contributed by atoms with E-state index < -0.39 is 0 Å². The molecule has 108 valence electrons. The third-order valence-electron chi connectivity index (χ3n) is 2.89. The number of hydrogen-bond donors (Lipinski definition) is 2. The average Bonchev–Trinajstić information content (AvgIpc) is 2.47. The highest BCUT2D eigenvalue weighted by Crippen LogP contribution is 2.23. The van der Waals surface area contributed by atoms with Crippen LogP contribution in [0.5, 0.6) is 5.75 Å². The molecule has 0 amide bonds. The van der Waals surface area contributed by atoms with E-state index in [0.717, 1.165) is 10.0 Å². The molecular weight excluding hydrogens is 332 g/mol. The topological polar surface area (TPSA) is 83.9 Å². The molecule has 21 heavy (non-hydrogen) atoms. The number of aryl methyl sites for hydroxylation is 1. The molecule has 3 N–H and O–H groups in total. The molecule has 6 heteroatoms. The van der Waals surface area contributed by atoms with Crippen LogP contribution in [0.1, 0.15) is 16.8 Å². The molecule has 0 fully saturated rings. The SMILES string of the molecule is CN=C(N=C(N)c1ncccc1C)c1cc(Br)ccc1O. The van der Waals surface area contributed by atoms with Gasteiger partial charge in [0.05, 0.1) is 5.56 Å². The second kappa shape index (κ2) is 6.49. The van der Waals surface area contributed by atoms with Gasteiger partial charge in [0.15, 0.2) is 11.7 Å². The van der Waals surface area contributed by atoms with E-state index in [2.05, 4.69) is 30.9 Å². The minimum atomic E-state index is 0.0908. The monoisotopic (exact) mass is 346 g/mol. The van der Waals surface area contributed by atoms with E-state index in [1.165, 1.54) is 0 Å². The van der Waals surface area contributed by atoms with E-state index in [-0.39, 0.29) is 11.6 Å². The second-order valence-electron chi connectivity index (χ2n) is 4.37. The summed E-state index contributed by atoms with van der Waals surface area (Å²) in [7, 11) is 1.59. The molecule has 0 saturated heterocycles. The minimum absolute atomic E-state index is 0.0908. The Balaban J connectivity index is 2.46. The zero-order chi connectivity index (χ0) is 15.4. The summed E-state index contributed by atoms with van der Waals surface area (Å²) in [6.45, 7) is 1.91. The zero-order valence-corrected chi connectivity index (χ0v) is 13.3. The van der Waals surface area contributed by atoms with Gasteiger partial charge in [-0.25, -0.2) is 4.99 Å². The number of aliphatic imine (C=N–C) groups is 2. The first-order chi connectivity index (χ1) is 10.0. The van der Waals surface area contributed by atoms with Crippen molar-refractivity contribution in [1.82, 2.24) is 4.98 Å². The van der Waals surface area contributed by atoms with Gasteiger partial charge in [-0.15, -0.1) is 0 Å². The number of amidine groups is 2. The Morgan fingerprint density at radius 1 is 1.33 bits per heavy atom. The highest BCUT2D eigenvalue weighted by atomic mass is 79.9. The maximum atomic E-state index is 9.95. The molecule has 0 spiro atoms. The third kappa shape index (κ3) is 3.46. The molecule has 0 aliphatic carbocycles. The normalized spacial score (nSPS) is 12.5. The lowest BCUT2D eigenvalue weighted by molar-refractivity contribution is 0.474. The number of rotatable bonds is 2. The van der Waals surface area contributed by atoms with Gasteiger partial charge in [-0.3, -0.25) is 9.98 Å². The number of aromatic nitrogens is 1. The first-order valence-corrected chi connectivity index (χ1v) is 7.04. The number of benzene rings is 1. The molecule has 1 aromatic carbocycles. The molecule has 0 radical (unpaired) electrons. The maximum Gasteiger partial charge on any atom is 0.160 e. The molecule has 2 rings (SSSR count). The zero-order valence-electron chi connectivity index (χ0n) is 11.7. The molecule has 0 unspecified atom stereocenters. The standard InChI is InChI=1S/C15H15BrN4O/c1-9-4-3-7-19-13(9)14(17)20-15(18-2)11-8-10(16)5-6-12(11)21/h3-8,21H,1-2H3,(H2,17,18,20). The fraction of sp³-hybridized carbons (Fsp3) is 0.133. The van der Waals surface area contributed by atoms with Gasteiger partial charge in [-0.2, -0.15) is 0 Å². The van der Waals surface area contributed by atoms with E-state index in [0.29, 0.717) is 17.1 Å². The molecule has 0 bridgehead atoms. The van der Waals surface area contributed by atoms with E-state index in [1.807, 2.05) is 19.1 Å². The Kier molecular flexibility index (Phi) is 4.70. The van der Waals surface area contributed by atoms with Crippen molar-refractivity contribution in [2.75, 3.05) is 7.05 Å². The lowest BCUT2D eigenvalue weighted by Gasteiger charge is -2.07. The number of hydrogen-bond acceptors (Lipinski definition) is 3. The van der Waals surface area contributed by atoms with Crippen LogP contribution in [0.4, 0.5) is 0 Å².